The number of amides is 1. The van der Waals surface area contributed by atoms with E-state index in [-0.39, 0.29) is 24.2 Å². The SMILES string of the molecule is CNCC(C)C(=O)N(Cc1ccc(C)c(C)c1)C1CC1.Cl. The van der Waals surface area contributed by atoms with Crippen molar-refractivity contribution in [1.29, 1.82) is 0 Å². The van der Waals surface area contributed by atoms with Crippen LogP contribution in [0.5, 0.6) is 0 Å². The minimum atomic E-state index is 0. The van der Waals surface area contributed by atoms with Gasteiger partial charge in [-0.15, -0.1) is 12.4 Å². The van der Waals surface area contributed by atoms with Crippen molar-refractivity contribution in [3.05, 3.63) is 34.9 Å². The lowest BCUT2D eigenvalue weighted by Crippen LogP contribution is -2.39. The van der Waals surface area contributed by atoms with Crippen molar-refractivity contribution >= 4 is 18.3 Å². The summed E-state index contributed by atoms with van der Waals surface area (Å²) in [5, 5.41) is 3.10. The van der Waals surface area contributed by atoms with Gasteiger partial charge in [0.1, 0.15) is 0 Å². The van der Waals surface area contributed by atoms with Crippen LogP contribution in [-0.4, -0.2) is 30.4 Å². The molecule has 118 valence electrons. The van der Waals surface area contributed by atoms with E-state index < -0.39 is 0 Å². The molecule has 1 atom stereocenters. The largest absolute Gasteiger partial charge is 0.335 e. The molecule has 4 heteroatoms. The molecule has 2 rings (SSSR count). The third-order valence-electron chi connectivity index (χ3n) is 4.13. The van der Waals surface area contributed by atoms with Gasteiger partial charge < -0.3 is 10.2 Å². The molecule has 0 heterocycles. The molecule has 1 N–H and O–H groups in total. The van der Waals surface area contributed by atoms with E-state index >= 15 is 0 Å². The predicted molar refractivity (Wildman–Crippen MR) is 89.8 cm³/mol. The molecule has 1 aromatic rings. The van der Waals surface area contributed by atoms with E-state index in [1.807, 2.05) is 14.0 Å². The van der Waals surface area contributed by atoms with E-state index in [2.05, 4.69) is 42.3 Å². The summed E-state index contributed by atoms with van der Waals surface area (Å²) in [7, 11) is 1.90. The van der Waals surface area contributed by atoms with Crippen molar-refractivity contribution in [3.63, 3.8) is 0 Å². The van der Waals surface area contributed by atoms with Crippen LogP contribution in [0.25, 0.3) is 0 Å². The molecule has 21 heavy (non-hydrogen) atoms. The van der Waals surface area contributed by atoms with Crippen LogP contribution in [-0.2, 0) is 11.3 Å². The summed E-state index contributed by atoms with van der Waals surface area (Å²) in [6.45, 7) is 7.76. The quantitative estimate of drug-likeness (QED) is 0.876. The van der Waals surface area contributed by atoms with Crippen LogP contribution in [0.15, 0.2) is 18.2 Å². The molecule has 1 saturated carbocycles. The molecule has 0 bridgehead atoms. The number of halogens is 1. The summed E-state index contributed by atoms with van der Waals surface area (Å²) in [5.41, 5.74) is 3.85. The topological polar surface area (TPSA) is 32.3 Å². The first kappa shape index (κ1) is 18.0. The zero-order valence-corrected chi connectivity index (χ0v) is 14.3. The van der Waals surface area contributed by atoms with Gasteiger partial charge in [-0.2, -0.15) is 0 Å². The van der Waals surface area contributed by atoms with Crippen LogP contribution in [0.1, 0.15) is 36.5 Å². The van der Waals surface area contributed by atoms with Crippen molar-refractivity contribution < 1.29 is 4.79 Å². The summed E-state index contributed by atoms with van der Waals surface area (Å²) in [6.07, 6.45) is 2.31. The maximum absolute atomic E-state index is 12.6. The molecule has 3 nitrogen and oxygen atoms in total. The summed E-state index contributed by atoms with van der Waals surface area (Å²) in [4.78, 5) is 14.6. The number of aryl methyl sites for hydroxylation is 2. The number of carbonyl (C=O) groups excluding carboxylic acids is 1. The van der Waals surface area contributed by atoms with Crippen LogP contribution < -0.4 is 5.32 Å². The van der Waals surface area contributed by atoms with Crippen molar-refractivity contribution in [3.8, 4) is 0 Å². The van der Waals surface area contributed by atoms with Crippen LogP contribution in [0, 0.1) is 19.8 Å². The van der Waals surface area contributed by atoms with E-state index in [0.29, 0.717) is 6.04 Å². The van der Waals surface area contributed by atoms with Crippen LogP contribution in [0.2, 0.25) is 0 Å². The number of nitrogens with zero attached hydrogens (tertiary/aromatic N) is 1. The Morgan fingerprint density at radius 3 is 2.52 bits per heavy atom. The Bertz CT molecular complexity index is 486. The lowest BCUT2D eigenvalue weighted by atomic mass is 10.0. The third kappa shape index (κ3) is 4.72. The van der Waals surface area contributed by atoms with E-state index in [1.54, 1.807) is 0 Å². The highest BCUT2D eigenvalue weighted by Gasteiger charge is 2.34. The minimum Gasteiger partial charge on any atom is -0.335 e. The highest BCUT2D eigenvalue weighted by Crippen LogP contribution is 2.30. The molecule has 1 aromatic carbocycles. The number of hydrogen-bond acceptors (Lipinski definition) is 2. The van der Waals surface area contributed by atoms with Crippen LogP contribution in [0.4, 0.5) is 0 Å². The van der Waals surface area contributed by atoms with Gasteiger partial charge in [-0.1, -0.05) is 25.1 Å². The van der Waals surface area contributed by atoms with Gasteiger partial charge in [-0.3, -0.25) is 4.79 Å². The molecule has 1 amide bonds. The lowest BCUT2D eigenvalue weighted by molar-refractivity contribution is -0.136. The predicted octanol–water partition coefficient (Wildman–Crippen LogP) is 3.07. The van der Waals surface area contributed by atoms with E-state index in [4.69, 9.17) is 0 Å². The zero-order chi connectivity index (χ0) is 14.7. The highest BCUT2D eigenvalue weighted by molar-refractivity contribution is 5.85. The molecule has 1 aliphatic carbocycles. The summed E-state index contributed by atoms with van der Waals surface area (Å²) >= 11 is 0. The average Bonchev–Trinajstić information content (AvgIpc) is 3.24. The van der Waals surface area contributed by atoms with Gasteiger partial charge in [0.15, 0.2) is 0 Å². The van der Waals surface area contributed by atoms with Crippen LogP contribution in [0.3, 0.4) is 0 Å². The van der Waals surface area contributed by atoms with Gasteiger partial charge in [0.25, 0.3) is 0 Å². The summed E-state index contributed by atoms with van der Waals surface area (Å²) in [5.74, 6) is 0.326. The molecule has 0 aliphatic heterocycles. The van der Waals surface area contributed by atoms with Gasteiger partial charge in [-0.05, 0) is 50.4 Å². The Balaban J connectivity index is 0.00000220. The second kappa shape index (κ2) is 7.81. The number of benzene rings is 1. The Kier molecular flexibility index (Phi) is 6.69. The summed E-state index contributed by atoms with van der Waals surface area (Å²) in [6, 6.07) is 6.97. The smallest absolute Gasteiger partial charge is 0.227 e. The van der Waals surface area contributed by atoms with E-state index in [9.17, 15) is 4.79 Å². The summed E-state index contributed by atoms with van der Waals surface area (Å²) < 4.78 is 0. The van der Waals surface area contributed by atoms with Crippen molar-refractivity contribution in [2.45, 2.75) is 46.2 Å². The molecule has 0 radical (unpaired) electrons. The number of nitrogens with one attached hydrogen (secondary N) is 1. The van der Waals surface area contributed by atoms with Gasteiger partial charge in [0.2, 0.25) is 5.91 Å². The van der Waals surface area contributed by atoms with Crippen LogP contribution >= 0.6 is 12.4 Å². The van der Waals surface area contributed by atoms with Crippen molar-refractivity contribution in [2.24, 2.45) is 5.92 Å². The fraction of sp³-hybridized carbons (Fsp3) is 0.588. The molecule has 1 aliphatic rings. The maximum atomic E-state index is 12.6. The second-order valence-electron chi connectivity index (χ2n) is 6.07. The first-order valence-corrected chi connectivity index (χ1v) is 7.54. The molecular formula is C17H27ClN2O. The van der Waals surface area contributed by atoms with E-state index in [0.717, 1.165) is 25.9 Å². The number of hydrogen-bond donors (Lipinski definition) is 1. The number of carbonyl (C=O) groups is 1. The Morgan fingerprint density at radius 1 is 1.33 bits per heavy atom. The molecular weight excluding hydrogens is 284 g/mol. The van der Waals surface area contributed by atoms with Gasteiger partial charge in [0.05, 0.1) is 0 Å². The number of rotatable bonds is 6. The van der Waals surface area contributed by atoms with Crippen molar-refractivity contribution in [1.82, 2.24) is 10.2 Å². The third-order valence-corrected chi connectivity index (χ3v) is 4.13. The average molecular weight is 311 g/mol. The minimum absolute atomic E-state index is 0. The monoisotopic (exact) mass is 310 g/mol. The fourth-order valence-electron chi connectivity index (χ4n) is 2.55. The first-order valence-electron chi connectivity index (χ1n) is 7.54. The molecule has 1 fully saturated rings. The molecule has 0 spiro atoms. The standard InChI is InChI=1S/C17H26N2O.ClH/c1-12-5-6-15(9-13(12)2)11-19(16-7-8-16)17(20)14(3)10-18-4;/h5-6,9,14,16,18H,7-8,10-11H2,1-4H3;1H. The Hall–Kier alpha value is -1.06. The lowest BCUT2D eigenvalue weighted by Gasteiger charge is -2.26. The van der Waals surface area contributed by atoms with Gasteiger partial charge in [-0.25, -0.2) is 0 Å². The Labute approximate surface area is 134 Å². The normalized spacial score (nSPS) is 15.2. The molecule has 0 saturated heterocycles. The molecule has 1 unspecified atom stereocenters. The molecule has 0 aromatic heterocycles. The fourth-order valence-corrected chi connectivity index (χ4v) is 2.55. The van der Waals surface area contributed by atoms with Crippen molar-refractivity contribution in [2.75, 3.05) is 13.6 Å². The van der Waals surface area contributed by atoms with Gasteiger partial charge in [0, 0.05) is 25.0 Å². The zero-order valence-electron chi connectivity index (χ0n) is 13.5. The van der Waals surface area contributed by atoms with E-state index in [1.165, 1.54) is 16.7 Å². The first-order chi connectivity index (χ1) is 9.52. The maximum Gasteiger partial charge on any atom is 0.227 e. The second-order valence-corrected chi connectivity index (χ2v) is 6.07. The van der Waals surface area contributed by atoms with Gasteiger partial charge >= 0.3 is 0 Å². The highest BCUT2D eigenvalue weighted by atomic mass is 35.5. The Morgan fingerprint density at radius 2 is 2.00 bits per heavy atom.